The van der Waals surface area contributed by atoms with Crippen molar-refractivity contribution in [3.63, 3.8) is 0 Å². The third-order valence-electron chi connectivity index (χ3n) is 3.32. The topological polar surface area (TPSA) is 99.5 Å². The number of methoxy groups -OCH3 is 1. The summed E-state index contributed by atoms with van der Waals surface area (Å²) in [5, 5.41) is 6.45. The van der Waals surface area contributed by atoms with E-state index in [-0.39, 0.29) is 5.92 Å². The van der Waals surface area contributed by atoms with Crippen LogP contribution in [0.5, 0.6) is 0 Å². The summed E-state index contributed by atoms with van der Waals surface area (Å²) < 4.78 is 11.1. The quantitative estimate of drug-likeness (QED) is 0.737. The highest BCUT2D eigenvalue weighted by Crippen LogP contribution is 2.08. The number of aryl methyl sites for hydroxylation is 1. The Bertz CT molecular complexity index is 580. The predicted octanol–water partition coefficient (Wildman–Crippen LogP) is 0.589. The SMILES string of the molecule is COC(=O)[C@H](CC(C)C)NC(=O)COC(=O)c1cnn(C)c1C. The molecule has 23 heavy (non-hydrogen) atoms. The third kappa shape index (κ3) is 5.39. The van der Waals surface area contributed by atoms with Gasteiger partial charge in [-0.1, -0.05) is 13.8 Å². The van der Waals surface area contributed by atoms with Gasteiger partial charge in [-0.3, -0.25) is 9.48 Å². The van der Waals surface area contributed by atoms with Crippen LogP contribution in [-0.4, -0.2) is 47.4 Å². The maximum absolute atomic E-state index is 11.9. The number of hydrogen-bond donors (Lipinski definition) is 1. The Labute approximate surface area is 135 Å². The first-order chi connectivity index (χ1) is 10.8. The van der Waals surface area contributed by atoms with E-state index in [0.717, 1.165) is 0 Å². The lowest BCUT2D eigenvalue weighted by molar-refractivity contribution is -0.145. The van der Waals surface area contributed by atoms with Crippen LogP contribution in [0.4, 0.5) is 0 Å². The molecule has 0 saturated carbocycles. The molecule has 0 aliphatic rings. The molecule has 0 aliphatic heterocycles. The van der Waals surface area contributed by atoms with Crippen molar-refractivity contribution in [2.24, 2.45) is 13.0 Å². The van der Waals surface area contributed by atoms with Crippen molar-refractivity contribution in [3.8, 4) is 0 Å². The van der Waals surface area contributed by atoms with Crippen molar-refractivity contribution in [2.45, 2.75) is 33.2 Å². The van der Waals surface area contributed by atoms with E-state index in [1.165, 1.54) is 18.0 Å². The number of ether oxygens (including phenoxy) is 2. The number of amides is 1. The van der Waals surface area contributed by atoms with Crippen LogP contribution in [-0.2, 0) is 26.1 Å². The van der Waals surface area contributed by atoms with Gasteiger partial charge in [-0.25, -0.2) is 9.59 Å². The summed E-state index contributed by atoms with van der Waals surface area (Å²) in [5.74, 6) is -1.53. The maximum Gasteiger partial charge on any atom is 0.342 e. The molecule has 0 spiro atoms. The minimum Gasteiger partial charge on any atom is -0.467 e. The van der Waals surface area contributed by atoms with E-state index < -0.39 is 30.5 Å². The molecule has 0 saturated heterocycles. The zero-order chi connectivity index (χ0) is 17.6. The van der Waals surface area contributed by atoms with E-state index in [1.807, 2.05) is 13.8 Å². The normalized spacial score (nSPS) is 11.9. The second kappa shape index (κ2) is 8.30. The Morgan fingerprint density at radius 1 is 1.35 bits per heavy atom. The molecule has 0 fully saturated rings. The summed E-state index contributed by atoms with van der Waals surface area (Å²) in [7, 11) is 2.96. The maximum atomic E-state index is 11.9. The van der Waals surface area contributed by atoms with Gasteiger partial charge in [0, 0.05) is 12.7 Å². The van der Waals surface area contributed by atoms with Gasteiger partial charge < -0.3 is 14.8 Å². The molecule has 8 heteroatoms. The highest BCUT2D eigenvalue weighted by Gasteiger charge is 2.23. The Morgan fingerprint density at radius 3 is 2.48 bits per heavy atom. The van der Waals surface area contributed by atoms with Crippen molar-refractivity contribution in [1.82, 2.24) is 15.1 Å². The zero-order valence-corrected chi connectivity index (χ0v) is 14.1. The van der Waals surface area contributed by atoms with E-state index in [4.69, 9.17) is 4.74 Å². The van der Waals surface area contributed by atoms with E-state index in [9.17, 15) is 14.4 Å². The molecule has 8 nitrogen and oxygen atoms in total. The lowest BCUT2D eigenvalue weighted by Crippen LogP contribution is -2.44. The van der Waals surface area contributed by atoms with E-state index >= 15 is 0 Å². The summed E-state index contributed by atoms with van der Waals surface area (Å²) in [4.78, 5) is 35.4. The summed E-state index contributed by atoms with van der Waals surface area (Å²) in [6.07, 6.45) is 1.82. The van der Waals surface area contributed by atoms with Crippen molar-refractivity contribution in [2.75, 3.05) is 13.7 Å². The smallest absolute Gasteiger partial charge is 0.342 e. The number of aromatic nitrogens is 2. The van der Waals surface area contributed by atoms with Crippen molar-refractivity contribution < 1.29 is 23.9 Å². The Hall–Kier alpha value is -2.38. The first kappa shape index (κ1) is 18.7. The van der Waals surface area contributed by atoms with Gasteiger partial charge in [-0.05, 0) is 19.3 Å². The van der Waals surface area contributed by atoms with Gasteiger partial charge in [0.15, 0.2) is 6.61 Å². The van der Waals surface area contributed by atoms with Gasteiger partial charge in [-0.15, -0.1) is 0 Å². The first-order valence-corrected chi connectivity index (χ1v) is 7.29. The van der Waals surface area contributed by atoms with Gasteiger partial charge in [-0.2, -0.15) is 5.10 Å². The molecule has 1 aromatic heterocycles. The van der Waals surface area contributed by atoms with Gasteiger partial charge in [0.25, 0.3) is 5.91 Å². The highest BCUT2D eigenvalue weighted by molar-refractivity contribution is 5.92. The molecule has 0 bridgehead atoms. The molecule has 0 aromatic carbocycles. The molecule has 0 unspecified atom stereocenters. The standard InChI is InChI=1S/C15H23N3O5/c1-9(2)6-12(15(21)22-5)17-13(19)8-23-14(20)11-7-16-18(4)10(11)3/h7,9,12H,6,8H2,1-5H3,(H,17,19)/t12-/m0/s1. The fraction of sp³-hybridized carbons (Fsp3) is 0.600. The number of rotatable bonds is 7. The van der Waals surface area contributed by atoms with Crippen molar-refractivity contribution in [1.29, 1.82) is 0 Å². The molecule has 1 rings (SSSR count). The Kier molecular flexibility index (Phi) is 6.74. The Morgan fingerprint density at radius 2 is 2.00 bits per heavy atom. The first-order valence-electron chi connectivity index (χ1n) is 7.29. The van der Waals surface area contributed by atoms with Crippen LogP contribution in [0, 0.1) is 12.8 Å². The molecule has 0 radical (unpaired) electrons. The summed E-state index contributed by atoms with van der Waals surface area (Å²) in [6.45, 7) is 5.10. The van der Waals surface area contributed by atoms with Crippen LogP contribution in [0.1, 0.15) is 36.3 Å². The van der Waals surface area contributed by atoms with E-state index in [1.54, 1.807) is 14.0 Å². The minimum absolute atomic E-state index is 0.194. The second-order valence-electron chi connectivity index (χ2n) is 5.62. The fourth-order valence-corrected chi connectivity index (χ4v) is 1.97. The largest absolute Gasteiger partial charge is 0.467 e. The number of carbonyl (C=O) groups excluding carboxylic acids is 3. The molecule has 1 N–H and O–H groups in total. The monoisotopic (exact) mass is 325 g/mol. The molecule has 128 valence electrons. The number of carbonyl (C=O) groups is 3. The summed E-state index contributed by atoms with van der Waals surface area (Å²) >= 11 is 0. The minimum atomic E-state index is -0.758. The van der Waals surface area contributed by atoms with Gasteiger partial charge in [0.1, 0.15) is 11.6 Å². The molecule has 0 aliphatic carbocycles. The van der Waals surface area contributed by atoms with E-state index in [2.05, 4.69) is 15.2 Å². The average molecular weight is 325 g/mol. The van der Waals surface area contributed by atoms with Crippen LogP contribution >= 0.6 is 0 Å². The number of esters is 2. The van der Waals surface area contributed by atoms with Gasteiger partial charge in [0.2, 0.25) is 0 Å². The van der Waals surface area contributed by atoms with E-state index in [0.29, 0.717) is 17.7 Å². The van der Waals surface area contributed by atoms with Crippen LogP contribution < -0.4 is 5.32 Å². The molecule has 1 heterocycles. The molecule has 1 atom stereocenters. The zero-order valence-electron chi connectivity index (χ0n) is 14.1. The third-order valence-corrected chi connectivity index (χ3v) is 3.32. The molecular formula is C15H23N3O5. The Balaban J connectivity index is 2.56. The number of nitrogens with one attached hydrogen (secondary N) is 1. The fourth-order valence-electron chi connectivity index (χ4n) is 1.97. The molecule has 1 aromatic rings. The molecule has 1 amide bonds. The highest BCUT2D eigenvalue weighted by atomic mass is 16.5. The lowest BCUT2D eigenvalue weighted by atomic mass is 10.0. The van der Waals surface area contributed by atoms with Crippen molar-refractivity contribution in [3.05, 3.63) is 17.5 Å². The number of hydrogen-bond acceptors (Lipinski definition) is 6. The van der Waals surface area contributed by atoms with Gasteiger partial charge >= 0.3 is 11.9 Å². The summed E-state index contributed by atoms with van der Waals surface area (Å²) in [5.41, 5.74) is 0.939. The van der Waals surface area contributed by atoms with Crippen LogP contribution in [0.15, 0.2) is 6.20 Å². The summed E-state index contributed by atoms with van der Waals surface area (Å²) in [6, 6.07) is -0.758. The lowest BCUT2D eigenvalue weighted by Gasteiger charge is -2.18. The van der Waals surface area contributed by atoms with Crippen LogP contribution in [0.25, 0.3) is 0 Å². The van der Waals surface area contributed by atoms with Gasteiger partial charge in [0.05, 0.1) is 13.3 Å². The second-order valence-corrected chi connectivity index (χ2v) is 5.62. The van der Waals surface area contributed by atoms with Crippen molar-refractivity contribution >= 4 is 17.8 Å². The van der Waals surface area contributed by atoms with Crippen LogP contribution in [0.3, 0.4) is 0 Å². The predicted molar refractivity (Wildman–Crippen MR) is 81.6 cm³/mol. The number of nitrogens with zero attached hydrogens (tertiary/aromatic N) is 2. The molecular weight excluding hydrogens is 302 g/mol. The van der Waals surface area contributed by atoms with Crippen LogP contribution in [0.2, 0.25) is 0 Å². The average Bonchev–Trinajstić information content (AvgIpc) is 2.82.